The third-order valence-corrected chi connectivity index (χ3v) is 5.15. The average molecular weight is 257 g/mol. The third kappa shape index (κ3) is 3.39. The van der Waals surface area contributed by atoms with E-state index in [1.807, 2.05) is 0 Å². The molecule has 0 aromatic heterocycles. The van der Waals surface area contributed by atoms with Gasteiger partial charge in [-0.2, -0.15) is 0 Å². The van der Waals surface area contributed by atoms with E-state index in [-0.39, 0.29) is 0 Å². The molecule has 3 rings (SSSR count). The van der Waals surface area contributed by atoms with Crippen molar-refractivity contribution >= 4 is 0 Å². The molecule has 1 nitrogen and oxygen atoms in total. The fourth-order valence-electron chi connectivity index (χ4n) is 3.65. The summed E-state index contributed by atoms with van der Waals surface area (Å²) in [6, 6.07) is 12.1. The summed E-state index contributed by atoms with van der Waals surface area (Å²) < 4.78 is 0. The Labute approximate surface area is 117 Å². The molecule has 1 heteroatoms. The molecule has 1 N–H and O–H groups in total. The highest BCUT2D eigenvalue weighted by Crippen LogP contribution is 2.41. The Morgan fingerprint density at radius 2 is 1.84 bits per heavy atom. The maximum absolute atomic E-state index is 3.76. The van der Waals surface area contributed by atoms with Crippen LogP contribution >= 0.6 is 0 Å². The molecule has 0 amide bonds. The molecule has 2 fully saturated rings. The zero-order valence-electron chi connectivity index (χ0n) is 12.1. The Balaban J connectivity index is 1.69. The zero-order chi connectivity index (χ0) is 13.1. The maximum atomic E-state index is 3.76. The van der Waals surface area contributed by atoms with Crippen molar-refractivity contribution in [3.8, 4) is 0 Å². The Bertz CT molecular complexity index is 382. The summed E-state index contributed by atoms with van der Waals surface area (Å²) in [5.74, 6) is 2.58. The minimum absolute atomic E-state index is 0.783. The van der Waals surface area contributed by atoms with Crippen molar-refractivity contribution in [2.24, 2.45) is 11.8 Å². The lowest BCUT2D eigenvalue weighted by Gasteiger charge is -2.36. The minimum atomic E-state index is 0.783. The number of nitrogens with one attached hydrogen (secondary N) is 1. The SMILES string of the molecule is CCC1CCC(CNC2CC2)C(c2ccccc2)C1. The fourth-order valence-corrected chi connectivity index (χ4v) is 3.65. The molecule has 3 unspecified atom stereocenters. The molecular formula is C18H27N. The van der Waals surface area contributed by atoms with E-state index in [4.69, 9.17) is 0 Å². The van der Waals surface area contributed by atoms with Crippen LogP contribution in [0.3, 0.4) is 0 Å². The van der Waals surface area contributed by atoms with Crippen LogP contribution in [0, 0.1) is 11.8 Å². The van der Waals surface area contributed by atoms with Crippen LogP contribution < -0.4 is 5.32 Å². The number of hydrogen-bond acceptors (Lipinski definition) is 1. The monoisotopic (exact) mass is 257 g/mol. The second-order valence-electron chi connectivity index (χ2n) is 6.55. The summed E-state index contributed by atoms with van der Waals surface area (Å²) in [5.41, 5.74) is 1.57. The van der Waals surface area contributed by atoms with Crippen LogP contribution in [0.1, 0.15) is 56.9 Å². The molecule has 1 aromatic rings. The standard InChI is InChI=1S/C18H27N/c1-2-14-8-9-16(13-19-17-10-11-17)18(12-14)15-6-4-3-5-7-15/h3-7,14,16-19H,2,8-13H2,1H3. The van der Waals surface area contributed by atoms with Gasteiger partial charge in [-0.05, 0) is 55.5 Å². The second-order valence-corrected chi connectivity index (χ2v) is 6.55. The van der Waals surface area contributed by atoms with E-state index < -0.39 is 0 Å². The van der Waals surface area contributed by atoms with E-state index in [1.165, 1.54) is 45.1 Å². The van der Waals surface area contributed by atoms with Crippen molar-refractivity contribution in [3.05, 3.63) is 35.9 Å². The van der Waals surface area contributed by atoms with Crippen LogP contribution in [0.4, 0.5) is 0 Å². The third-order valence-electron chi connectivity index (χ3n) is 5.15. The van der Waals surface area contributed by atoms with Gasteiger partial charge in [0.15, 0.2) is 0 Å². The lowest BCUT2D eigenvalue weighted by atomic mass is 9.70. The van der Waals surface area contributed by atoms with Crippen molar-refractivity contribution in [2.75, 3.05) is 6.54 Å². The maximum Gasteiger partial charge on any atom is 0.00683 e. The molecule has 104 valence electrons. The van der Waals surface area contributed by atoms with Crippen LogP contribution in [0.25, 0.3) is 0 Å². The molecule has 19 heavy (non-hydrogen) atoms. The molecule has 0 spiro atoms. The Hall–Kier alpha value is -0.820. The molecule has 0 bridgehead atoms. The highest BCUT2D eigenvalue weighted by Gasteiger charge is 2.32. The van der Waals surface area contributed by atoms with Gasteiger partial charge < -0.3 is 5.32 Å². The first-order chi connectivity index (χ1) is 9.36. The quantitative estimate of drug-likeness (QED) is 0.827. The molecule has 2 saturated carbocycles. The molecule has 0 aliphatic heterocycles. The van der Waals surface area contributed by atoms with E-state index >= 15 is 0 Å². The van der Waals surface area contributed by atoms with Crippen molar-refractivity contribution in [2.45, 2.75) is 57.4 Å². The lowest BCUT2D eigenvalue weighted by molar-refractivity contribution is 0.225. The van der Waals surface area contributed by atoms with Crippen molar-refractivity contribution < 1.29 is 0 Å². The van der Waals surface area contributed by atoms with Gasteiger partial charge in [0.05, 0.1) is 0 Å². The summed E-state index contributed by atoms with van der Waals surface area (Å²) in [7, 11) is 0. The van der Waals surface area contributed by atoms with Crippen LogP contribution in [0.5, 0.6) is 0 Å². The Morgan fingerprint density at radius 1 is 1.05 bits per heavy atom. The van der Waals surface area contributed by atoms with Crippen LogP contribution in [-0.2, 0) is 0 Å². The van der Waals surface area contributed by atoms with Gasteiger partial charge in [0.2, 0.25) is 0 Å². The topological polar surface area (TPSA) is 12.0 Å². The van der Waals surface area contributed by atoms with Gasteiger partial charge in [-0.25, -0.2) is 0 Å². The van der Waals surface area contributed by atoms with Crippen molar-refractivity contribution in [3.63, 3.8) is 0 Å². The van der Waals surface area contributed by atoms with Crippen LogP contribution in [0.15, 0.2) is 30.3 Å². The molecule has 3 atom stereocenters. The van der Waals surface area contributed by atoms with E-state index in [1.54, 1.807) is 5.56 Å². The molecule has 0 saturated heterocycles. The normalized spacial score (nSPS) is 31.3. The molecule has 2 aliphatic rings. The average Bonchev–Trinajstić information content (AvgIpc) is 3.30. The van der Waals surface area contributed by atoms with Gasteiger partial charge in [-0.15, -0.1) is 0 Å². The first kappa shape index (κ1) is 13.2. The predicted molar refractivity (Wildman–Crippen MR) is 81.3 cm³/mol. The highest BCUT2D eigenvalue weighted by atomic mass is 14.9. The van der Waals surface area contributed by atoms with E-state index in [9.17, 15) is 0 Å². The number of benzene rings is 1. The Kier molecular flexibility index (Phi) is 4.22. The van der Waals surface area contributed by atoms with Crippen LogP contribution in [-0.4, -0.2) is 12.6 Å². The summed E-state index contributed by atoms with van der Waals surface area (Å²) in [5, 5.41) is 3.76. The van der Waals surface area contributed by atoms with Gasteiger partial charge in [-0.1, -0.05) is 50.1 Å². The predicted octanol–water partition coefficient (Wildman–Crippen LogP) is 4.35. The van der Waals surface area contributed by atoms with E-state index in [2.05, 4.69) is 42.6 Å². The van der Waals surface area contributed by atoms with Gasteiger partial charge in [-0.3, -0.25) is 0 Å². The summed E-state index contributed by atoms with van der Waals surface area (Å²) >= 11 is 0. The fraction of sp³-hybridized carbons (Fsp3) is 0.667. The number of hydrogen-bond donors (Lipinski definition) is 1. The molecular weight excluding hydrogens is 230 g/mol. The summed E-state index contributed by atoms with van der Waals surface area (Å²) in [4.78, 5) is 0. The first-order valence-electron chi connectivity index (χ1n) is 8.15. The van der Waals surface area contributed by atoms with E-state index in [0.29, 0.717) is 0 Å². The molecule has 2 aliphatic carbocycles. The summed E-state index contributed by atoms with van der Waals surface area (Å²) in [6.07, 6.45) is 8.42. The Morgan fingerprint density at radius 3 is 2.53 bits per heavy atom. The smallest absolute Gasteiger partial charge is 0.00683 e. The van der Waals surface area contributed by atoms with Crippen molar-refractivity contribution in [1.29, 1.82) is 0 Å². The highest BCUT2D eigenvalue weighted by molar-refractivity contribution is 5.21. The second kappa shape index (κ2) is 6.09. The summed E-state index contributed by atoms with van der Waals surface area (Å²) in [6.45, 7) is 3.59. The van der Waals surface area contributed by atoms with Gasteiger partial charge in [0, 0.05) is 6.04 Å². The molecule has 1 aromatic carbocycles. The van der Waals surface area contributed by atoms with Gasteiger partial charge in [0.25, 0.3) is 0 Å². The van der Waals surface area contributed by atoms with Crippen LogP contribution in [0.2, 0.25) is 0 Å². The van der Waals surface area contributed by atoms with E-state index in [0.717, 1.165) is 23.8 Å². The molecule has 0 heterocycles. The number of rotatable bonds is 5. The minimum Gasteiger partial charge on any atom is -0.314 e. The van der Waals surface area contributed by atoms with Crippen molar-refractivity contribution in [1.82, 2.24) is 5.32 Å². The first-order valence-corrected chi connectivity index (χ1v) is 8.15. The van der Waals surface area contributed by atoms with Gasteiger partial charge in [0.1, 0.15) is 0 Å². The lowest BCUT2D eigenvalue weighted by Crippen LogP contribution is -2.33. The molecule has 0 radical (unpaired) electrons. The largest absolute Gasteiger partial charge is 0.314 e. The zero-order valence-corrected chi connectivity index (χ0v) is 12.1. The van der Waals surface area contributed by atoms with Gasteiger partial charge >= 0.3 is 0 Å².